The van der Waals surface area contributed by atoms with Gasteiger partial charge in [-0.15, -0.1) is 0 Å². The monoisotopic (exact) mass is 574 g/mol. The van der Waals surface area contributed by atoms with Crippen molar-refractivity contribution in [3.05, 3.63) is 186 Å². The highest BCUT2D eigenvalue weighted by molar-refractivity contribution is 7.87. The molecule has 0 bridgehead atoms. The number of aryl methyl sites for hydroxylation is 3. The Morgan fingerprint density at radius 2 is 0.907 bits per heavy atom. The Kier molecular flexibility index (Phi) is 8.31. The second-order valence-corrected chi connectivity index (χ2v) is 13.9. The topological polar surface area (TPSA) is 24.7 Å². The molecule has 0 fully saturated rings. The van der Waals surface area contributed by atoms with Crippen molar-refractivity contribution in [3.8, 4) is 0 Å². The molecule has 210 valence electrons. The number of nitrogens with zero attached hydrogens (tertiary/aromatic N) is 2. The summed E-state index contributed by atoms with van der Waals surface area (Å²) in [7, 11) is -2.47. The number of hydrogen-bond donors (Lipinski definition) is 0. The summed E-state index contributed by atoms with van der Waals surface area (Å²) in [5, 5.41) is 3.64. The van der Waals surface area contributed by atoms with Crippen molar-refractivity contribution in [2.45, 2.75) is 20.8 Å². The predicted molar refractivity (Wildman–Crippen MR) is 186 cm³/mol. The van der Waals surface area contributed by atoms with E-state index in [1.165, 1.54) is 32.6 Å². The normalized spacial score (nSPS) is 11.7. The first kappa shape index (κ1) is 28.3. The van der Waals surface area contributed by atoms with Gasteiger partial charge in [-0.05, 0) is 38.0 Å². The van der Waals surface area contributed by atoms with Crippen LogP contribution in [0.5, 0.6) is 0 Å². The van der Waals surface area contributed by atoms with Gasteiger partial charge in [0, 0.05) is 27.0 Å². The van der Waals surface area contributed by atoms with Gasteiger partial charge in [-0.3, -0.25) is 4.74 Å². The average Bonchev–Trinajstić information content (AvgIpc) is 3.05. The maximum absolute atomic E-state index is 5.88. The molecule has 0 radical (unpaired) electrons. The Bertz CT molecular complexity index is 1800. The van der Waals surface area contributed by atoms with E-state index in [2.05, 4.69) is 178 Å². The molecule has 0 N–H and O–H groups in total. The fourth-order valence-corrected chi connectivity index (χ4v) is 9.36. The van der Waals surface area contributed by atoms with E-state index in [1.807, 2.05) is 0 Å². The number of aliphatic imine (C=N–C) groups is 1. The Morgan fingerprint density at radius 1 is 0.488 bits per heavy atom. The van der Waals surface area contributed by atoms with Crippen molar-refractivity contribution < 1.29 is 0 Å². The minimum absolute atomic E-state index is 0.919. The van der Waals surface area contributed by atoms with E-state index in [-0.39, 0.29) is 0 Å². The standard InChI is InChI=1S/C40H35N2P/c1-30-28-31(2)39(32(3)29-30)41-40(33-18-8-4-9-19-33)37-26-16-17-27-38(37)42-43(34-20-10-5-11-21-34,35-22-12-6-13-23-35)36-24-14-7-15-25-36/h4-29H,1-3H3. The SMILES string of the molecule is Cc1cc(C)c(N=C(c2ccccc2)c2ccccc2N=P(c2ccccc2)(c2ccccc2)c2ccccc2)c(C)c1. The van der Waals surface area contributed by atoms with E-state index in [4.69, 9.17) is 9.74 Å². The van der Waals surface area contributed by atoms with Crippen LogP contribution >= 0.6 is 7.05 Å². The highest BCUT2D eigenvalue weighted by Gasteiger charge is 2.28. The molecule has 6 aromatic carbocycles. The first-order valence-corrected chi connectivity index (χ1v) is 16.4. The van der Waals surface area contributed by atoms with E-state index >= 15 is 0 Å². The van der Waals surface area contributed by atoms with Crippen molar-refractivity contribution in [3.63, 3.8) is 0 Å². The first-order chi connectivity index (χ1) is 21.1. The molecule has 0 spiro atoms. The van der Waals surface area contributed by atoms with E-state index in [0.717, 1.165) is 28.2 Å². The smallest absolute Gasteiger partial charge is 0.0803 e. The summed E-state index contributed by atoms with van der Waals surface area (Å²) in [4.78, 5) is 5.42. The van der Waals surface area contributed by atoms with Crippen LogP contribution in [-0.2, 0) is 0 Å². The van der Waals surface area contributed by atoms with Crippen LogP contribution in [0.2, 0.25) is 0 Å². The van der Waals surface area contributed by atoms with Gasteiger partial charge in [0.2, 0.25) is 0 Å². The molecule has 43 heavy (non-hydrogen) atoms. The van der Waals surface area contributed by atoms with Crippen molar-refractivity contribution in [2.75, 3.05) is 0 Å². The van der Waals surface area contributed by atoms with E-state index in [9.17, 15) is 0 Å². The molecule has 6 aromatic rings. The van der Waals surface area contributed by atoms with Crippen LogP contribution in [0, 0.1) is 20.8 Å². The van der Waals surface area contributed by atoms with Gasteiger partial charge in [-0.2, -0.15) is 0 Å². The molecule has 0 amide bonds. The molecule has 2 nitrogen and oxygen atoms in total. The molecule has 0 aliphatic rings. The van der Waals surface area contributed by atoms with Crippen LogP contribution in [0.25, 0.3) is 0 Å². The fourth-order valence-electron chi connectivity index (χ4n) is 5.81. The molecule has 6 rings (SSSR count). The zero-order chi connectivity index (χ0) is 29.6. The lowest BCUT2D eigenvalue weighted by Crippen LogP contribution is -2.25. The summed E-state index contributed by atoms with van der Waals surface area (Å²) >= 11 is 0. The van der Waals surface area contributed by atoms with Crippen molar-refractivity contribution in [2.24, 2.45) is 9.74 Å². The first-order valence-electron chi connectivity index (χ1n) is 14.7. The molecule has 3 heteroatoms. The Labute approximate surface area is 255 Å². The molecular formula is C40H35N2P. The van der Waals surface area contributed by atoms with Crippen LogP contribution in [0.4, 0.5) is 11.4 Å². The van der Waals surface area contributed by atoms with Crippen molar-refractivity contribution in [1.82, 2.24) is 0 Å². The molecule has 0 unspecified atom stereocenters. The molecule has 0 atom stereocenters. The predicted octanol–water partition coefficient (Wildman–Crippen LogP) is 9.59. The minimum Gasteiger partial charge on any atom is -0.253 e. The summed E-state index contributed by atoms with van der Waals surface area (Å²) in [6.45, 7) is 6.43. The minimum atomic E-state index is -2.47. The zero-order valence-corrected chi connectivity index (χ0v) is 25.7. The largest absolute Gasteiger partial charge is 0.253 e. The molecule has 0 aliphatic heterocycles. The molecule has 0 aromatic heterocycles. The molecule has 0 aliphatic carbocycles. The number of rotatable bonds is 7. The van der Waals surface area contributed by atoms with Gasteiger partial charge in [-0.1, -0.05) is 157 Å². The summed E-state index contributed by atoms with van der Waals surface area (Å²) in [6, 6.07) is 55.7. The van der Waals surface area contributed by atoms with E-state index < -0.39 is 7.05 Å². The quantitative estimate of drug-likeness (QED) is 0.134. The number of hydrogen-bond acceptors (Lipinski definition) is 2. The highest BCUT2D eigenvalue weighted by Crippen LogP contribution is 2.50. The van der Waals surface area contributed by atoms with Gasteiger partial charge in [0.15, 0.2) is 0 Å². The third-order valence-corrected chi connectivity index (χ3v) is 11.4. The lowest BCUT2D eigenvalue weighted by Gasteiger charge is -2.27. The Hall–Kier alpha value is -4.78. The Morgan fingerprint density at radius 3 is 1.40 bits per heavy atom. The van der Waals surface area contributed by atoms with Gasteiger partial charge in [0.25, 0.3) is 0 Å². The Balaban J connectivity index is 1.71. The highest BCUT2D eigenvalue weighted by atomic mass is 31.2. The third kappa shape index (κ3) is 5.80. The lowest BCUT2D eigenvalue weighted by molar-refractivity contribution is 1.28. The van der Waals surface area contributed by atoms with Gasteiger partial charge in [-0.25, -0.2) is 4.99 Å². The molecular weight excluding hydrogens is 539 g/mol. The summed E-state index contributed by atoms with van der Waals surface area (Å²) in [5.41, 5.74) is 8.51. The van der Waals surface area contributed by atoms with E-state index in [1.54, 1.807) is 0 Å². The van der Waals surface area contributed by atoms with Crippen LogP contribution in [0.1, 0.15) is 27.8 Å². The van der Waals surface area contributed by atoms with Gasteiger partial charge < -0.3 is 0 Å². The third-order valence-electron chi connectivity index (χ3n) is 7.71. The van der Waals surface area contributed by atoms with Crippen LogP contribution in [0.3, 0.4) is 0 Å². The summed E-state index contributed by atoms with van der Waals surface area (Å²) in [5.74, 6) is 0. The lowest BCUT2D eigenvalue weighted by atomic mass is 9.99. The summed E-state index contributed by atoms with van der Waals surface area (Å²) in [6.07, 6.45) is 0. The van der Waals surface area contributed by atoms with E-state index in [0.29, 0.717) is 0 Å². The summed E-state index contributed by atoms with van der Waals surface area (Å²) < 4.78 is 5.88. The van der Waals surface area contributed by atoms with Crippen LogP contribution < -0.4 is 15.9 Å². The van der Waals surface area contributed by atoms with Gasteiger partial charge in [0.05, 0.1) is 24.1 Å². The molecule has 0 saturated carbocycles. The zero-order valence-electron chi connectivity index (χ0n) is 24.9. The fraction of sp³-hybridized carbons (Fsp3) is 0.0750. The maximum atomic E-state index is 5.88. The van der Waals surface area contributed by atoms with Crippen LogP contribution in [-0.4, -0.2) is 5.71 Å². The van der Waals surface area contributed by atoms with Crippen molar-refractivity contribution in [1.29, 1.82) is 0 Å². The molecule has 0 saturated heterocycles. The van der Waals surface area contributed by atoms with Crippen molar-refractivity contribution >= 4 is 40.1 Å². The van der Waals surface area contributed by atoms with Gasteiger partial charge in [0.1, 0.15) is 0 Å². The number of benzene rings is 6. The second kappa shape index (κ2) is 12.6. The van der Waals surface area contributed by atoms with Gasteiger partial charge >= 0.3 is 0 Å². The van der Waals surface area contributed by atoms with Crippen LogP contribution in [0.15, 0.2) is 167 Å². The molecule has 0 heterocycles. The average molecular weight is 575 g/mol. The maximum Gasteiger partial charge on any atom is 0.0803 e. The second-order valence-electron chi connectivity index (χ2n) is 10.8.